The lowest BCUT2D eigenvalue weighted by Crippen LogP contribution is -2.76. The first-order valence-electron chi connectivity index (χ1n) is 6.99. The number of para-hydroxylation sites is 1. The maximum Gasteiger partial charge on any atom is 0.254 e. The van der Waals surface area contributed by atoms with Crippen molar-refractivity contribution in [3.63, 3.8) is 0 Å². The van der Waals surface area contributed by atoms with E-state index in [0.29, 0.717) is 11.6 Å². The summed E-state index contributed by atoms with van der Waals surface area (Å²) in [5, 5.41) is 6.44. The number of anilines is 1. The lowest BCUT2D eigenvalue weighted by Gasteiger charge is -2.22. The van der Waals surface area contributed by atoms with E-state index in [1.807, 2.05) is 39.0 Å². The first-order chi connectivity index (χ1) is 9.40. The fraction of sp³-hybridized carbons (Fsp3) is 0.533. The Bertz CT molecular complexity index is 490. The van der Waals surface area contributed by atoms with Crippen molar-refractivity contribution in [2.45, 2.75) is 45.2 Å². The molecule has 0 heterocycles. The molecule has 0 aromatic heterocycles. The highest BCUT2D eigenvalue weighted by atomic mass is 16.6. The third-order valence-electron chi connectivity index (χ3n) is 3.00. The molecule has 5 nitrogen and oxygen atoms in total. The number of quaternary nitrogens is 1. The summed E-state index contributed by atoms with van der Waals surface area (Å²) in [7, 11) is 1.61. The number of rotatable bonds is 5. The van der Waals surface area contributed by atoms with Crippen LogP contribution in [0.2, 0.25) is 0 Å². The van der Waals surface area contributed by atoms with Crippen molar-refractivity contribution in [2.75, 3.05) is 12.4 Å². The Hall–Kier alpha value is -1.59. The number of benzene rings is 1. The monoisotopic (exact) mass is 278 g/mol. The first kappa shape index (κ1) is 14.8. The van der Waals surface area contributed by atoms with E-state index in [0.717, 1.165) is 24.2 Å². The first-order valence-corrected chi connectivity index (χ1v) is 6.99. The third kappa shape index (κ3) is 3.95. The molecule has 5 heteroatoms. The van der Waals surface area contributed by atoms with Crippen LogP contribution in [0.3, 0.4) is 0 Å². The molecule has 20 heavy (non-hydrogen) atoms. The van der Waals surface area contributed by atoms with Gasteiger partial charge in [0.15, 0.2) is 5.69 Å². The van der Waals surface area contributed by atoms with Gasteiger partial charge in [-0.15, -0.1) is 0 Å². The molecule has 0 aliphatic heterocycles. The van der Waals surface area contributed by atoms with Gasteiger partial charge in [0.05, 0.1) is 12.7 Å². The number of hydrogen-bond donors (Lipinski definition) is 3. The smallest absolute Gasteiger partial charge is 0.254 e. The van der Waals surface area contributed by atoms with E-state index in [4.69, 9.17) is 4.84 Å². The standard InChI is InChI=1S/C15H23N3O2/c1-15(2,3)17-14(19)11-6-5-7-12(18-20-4)13(11)16-10-8-9-10/h5-7,10,16,18H,8-9H2,1-4H3,(H,17,19)/p+1. The molecular formula is C15H24N3O2+. The van der Waals surface area contributed by atoms with E-state index in [1.165, 1.54) is 0 Å². The fourth-order valence-electron chi connectivity index (χ4n) is 1.99. The summed E-state index contributed by atoms with van der Waals surface area (Å²) in [6.07, 6.45) is 2.31. The van der Waals surface area contributed by atoms with Crippen molar-refractivity contribution < 1.29 is 15.1 Å². The van der Waals surface area contributed by atoms with Crippen LogP contribution in [0.4, 0.5) is 11.4 Å². The second kappa shape index (κ2) is 5.81. The summed E-state index contributed by atoms with van der Waals surface area (Å²) in [6, 6.07) is 6.14. The Morgan fingerprint density at radius 2 is 2.05 bits per heavy atom. The van der Waals surface area contributed by atoms with Gasteiger partial charge in [0.25, 0.3) is 5.91 Å². The van der Waals surface area contributed by atoms with Crippen molar-refractivity contribution in [3.05, 3.63) is 23.8 Å². The highest BCUT2D eigenvalue weighted by molar-refractivity contribution is 6.02. The van der Waals surface area contributed by atoms with Crippen LogP contribution in [0.1, 0.15) is 44.0 Å². The number of nitrogens with two attached hydrogens (primary N) is 1. The Labute approximate surface area is 120 Å². The summed E-state index contributed by atoms with van der Waals surface area (Å²) in [6.45, 7) is 5.93. The highest BCUT2D eigenvalue weighted by Gasteiger charge is 2.27. The van der Waals surface area contributed by atoms with Crippen molar-refractivity contribution in [1.82, 2.24) is 5.32 Å². The summed E-state index contributed by atoms with van der Waals surface area (Å²) in [4.78, 5) is 17.5. The maximum absolute atomic E-state index is 12.4. The van der Waals surface area contributed by atoms with E-state index in [9.17, 15) is 4.79 Å². The lowest BCUT2D eigenvalue weighted by molar-refractivity contribution is -0.829. The van der Waals surface area contributed by atoms with E-state index in [-0.39, 0.29) is 11.4 Å². The topological polar surface area (TPSA) is 67.0 Å². The predicted octanol–water partition coefficient (Wildman–Crippen LogP) is 1.55. The summed E-state index contributed by atoms with van der Waals surface area (Å²) >= 11 is 0. The third-order valence-corrected chi connectivity index (χ3v) is 3.00. The zero-order chi connectivity index (χ0) is 14.8. The van der Waals surface area contributed by atoms with Gasteiger partial charge in [-0.25, -0.2) is 4.84 Å². The lowest BCUT2D eigenvalue weighted by atomic mass is 10.1. The van der Waals surface area contributed by atoms with E-state index in [2.05, 4.69) is 10.6 Å². The molecule has 1 aromatic rings. The Kier molecular flexibility index (Phi) is 4.30. The molecule has 1 aliphatic rings. The zero-order valence-electron chi connectivity index (χ0n) is 12.6. The van der Waals surface area contributed by atoms with E-state index >= 15 is 0 Å². The van der Waals surface area contributed by atoms with Crippen LogP contribution in [0.15, 0.2) is 18.2 Å². The normalized spacial score (nSPS) is 15.0. The second-order valence-corrected chi connectivity index (χ2v) is 6.25. The maximum atomic E-state index is 12.4. The summed E-state index contributed by atoms with van der Waals surface area (Å²) < 4.78 is 0. The Morgan fingerprint density at radius 3 is 2.60 bits per heavy atom. The molecule has 0 bridgehead atoms. The van der Waals surface area contributed by atoms with Gasteiger partial charge in [-0.2, -0.15) is 5.48 Å². The SMILES string of the molecule is CO[NH2+]c1cccc(C(=O)NC(C)(C)C)c1NC1CC1. The number of carbonyl (C=O) groups excluding carboxylic acids is 1. The average molecular weight is 278 g/mol. The minimum atomic E-state index is -0.255. The van der Waals surface area contributed by atoms with Gasteiger partial charge >= 0.3 is 0 Å². The molecule has 2 rings (SSSR count). The van der Waals surface area contributed by atoms with Gasteiger partial charge in [-0.05, 0) is 39.7 Å². The number of amides is 1. The van der Waals surface area contributed by atoms with Crippen LogP contribution < -0.4 is 16.1 Å². The van der Waals surface area contributed by atoms with Gasteiger partial charge in [0, 0.05) is 17.6 Å². The van der Waals surface area contributed by atoms with Gasteiger partial charge in [-0.3, -0.25) is 4.79 Å². The van der Waals surface area contributed by atoms with Gasteiger partial charge < -0.3 is 10.6 Å². The molecule has 110 valence electrons. The van der Waals surface area contributed by atoms with Crippen LogP contribution >= 0.6 is 0 Å². The number of nitrogens with one attached hydrogen (secondary N) is 2. The number of carbonyl (C=O) groups is 1. The zero-order valence-corrected chi connectivity index (χ0v) is 12.6. The molecule has 4 N–H and O–H groups in total. The summed E-state index contributed by atoms with van der Waals surface area (Å²) in [5.74, 6) is -0.0630. The fourth-order valence-corrected chi connectivity index (χ4v) is 1.99. The highest BCUT2D eigenvalue weighted by Crippen LogP contribution is 2.30. The van der Waals surface area contributed by atoms with Crippen LogP contribution in [-0.2, 0) is 4.84 Å². The van der Waals surface area contributed by atoms with Gasteiger partial charge in [0.2, 0.25) is 0 Å². The molecule has 1 amide bonds. The van der Waals surface area contributed by atoms with Crippen molar-refractivity contribution >= 4 is 17.3 Å². The summed E-state index contributed by atoms with van der Waals surface area (Å²) in [5.41, 5.74) is 3.84. The van der Waals surface area contributed by atoms with Gasteiger partial charge in [-0.1, -0.05) is 6.07 Å². The van der Waals surface area contributed by atoms with E-state index < -0.39 is 0 Å². The van der Waals surface area contributed by atoms with Crippen LogP contribution in [0.5, 0.6) is 0 Å². The second-order valence-electron chi connectivity index (χ2n) is 6.25. The predicted molar refractivity (Wildman–Crippen MR) is 78.9 cm³/mol. The van der Waals surface area contributed by atoms with E-state index in [1.54, 1.807) is 12.6 Å². The van der Waals surface area contributed by atoms with Gasteiger partial charge in [0.1, 0.15) is 5.69 Å². The molecule has 0 saturated heterocycles. The Balaban J connectivity index is 2.29. The molecule has 1 saturated carbocycles. The van der Waals surface area contributed by atoms with Crippen molar-refractivity contribution in [3.8, 4) is 0 Å². The minimum absolute atomic E-state index is 0.0630. The van der Waals surface area contributed by atoms with Crippen molar-refractivity contribution in [1.29, 1.82) is 0 Å². The number of hydrogen-bond acceptors (Lipinski definition) is 3. The molecule has 1 aromatic carbocycles. The van der Waals surface area contributed by atoms with Crippen molar-refractivity contribution in [2.24, 2.45) is 0 Å². The molecule has 0 spiro atoms. The molecular weight excluding hydrogens is 254 g/mol. The molecule has 1 fully saturated rings. The quantitative estimate of drug-likeness (QED) is 0.565. The van der Waals surface area contributed by atoms with Crippen LogP contribution in [0.25, 0.3) is 0 Å². The van der Waals surface area contributed by atoms with Crippen LogP contribution in [0, 0.1) is 0 Å². The Morgan fingerprint density at radius 1 is 1.35 bits per heavy atom. The minimum Gasteiger partial charge on any atom is -0.377 e. The van der Waals surface area contributed by atoms with Crippen LogP contribution in [-0.4, -0.2) is 24.6 Å². The average Bonchev–Trinajstić information content (AvgIpc) is 3.13. The molecule has 0 atom stereocenters. The molecule has 0 radical (unpaired) electrons. The molecule has 1 aliphatic carbocycles. The largest absolute Gasteiger partial charge is 0.377 e. The molecule has 0 unspecified atom stereocenters.